The van der Waals surface area contributed by atoms with E-state index in [9.17, 15) is 18.0 Å². The highest BCUT2D eigenvalue weighted by Gasteiger charge is 2.26. The van der Waals surface area contributed by atoms with Gasteiger partial charge in [0.25, 0.3) is 5.91 Å². The van der Waals surface area contributed by atoms with Crippen molar-refractivity contribution in [1.29, 1.82) is 0 Å². The molecule has 2 rings (SSSR count). The van der Waals surface area contributed by atoms with Crippen molar-refractivity contribution in [3.63, 3.8) is 0 Å². The van der Waals surface area contributed by atoms with E-state index in [1.54, 1.807) is 0 Å². The first kappa shape index (κ1) is 13.9. The first-order valence-electron chi connectivity index (χ1n) is 6.18. The number of hydrogen-bond acceptors (Lipinski definition) is 2. The van der Waals surface area contributed by atoms with E-state index in [-0.39, 0.29) is 12.1 Å². The quantitative estimate of drug-likeness (QED) is 0.864. The summed E-state index contributed by atoms with van der Waals surface area (Å²) in [6.07, 6.45) is 1.62. The van der Waals surface area contributed by atoms with Gasteiger partial charge in [0, 0.05) is 24.2 Å². The molecule has 0 radical (unpaired) electrons. The second-order valence-corrected chi connectivity index (χ2v) is 4.71. The third kappa shape index (κ3) is 3.07. The molecule has 1 saturated heterocycles. The number of rotatable bonds is 2. The molecule has 1 heterocycles. The van der Waals surface area contributed by atoms with Crippen molar-refractivity contribution in [3.8, 4) is 0 Å². The van der Waals surface area contributed by atoms with Gasteiger partial charge in [-0.15, -0.1) is 0 Å². The maximum atomic E-state index is 13.5. The first-order chi connectivity index (χ1) is 8.99. The molecule has 1 aromatic carbocycles. The molecule has 0 bridgehead atoms. The van der Waals surface area contributed by atoms with Crippen LogP contribution in [0.5, 0.6) is 0 Å². The lowest BCUT2D eigenvalue weighted by molar-refractivity contribution is 0.0911. The van der Waals surface area contributed by atoms with Crippen LogP contribution in [0, 0.1) is 17.5 Å². The minimum Gasteiger partial charge on any atom is -0.348 e. The van der Waals surface area contributed by atoms with E-state index in [1.807, 2.05) is 6.92 Å². The van der Waals surface area contributed by atoms with Crippen LogP contribution in [0.25, 0.3) is 0 Å². The number of carbonyl (C=O) groups excluding carboxylic acids is 1. The Bertz CT molecular complexity index is 470. The molecule has 1 aliphatic heterocycles. The van der Waals surface area contributed by atoms with Crippen LogP contribution in [0.3, 0.4) is 0 Å². The minimum absolute atomic E-state index is 0.0317. The zero-order valence-corrected chi connectivity index (χ0v) is 10.5. The highest BCUT2D eigenvalue weighted by atomic mass is 19.1. The molecule has 2 N–H and O–H groups in total. The molecule has 3 nitrogen and oxygen atoms in total. The standard InChI is InChI=1S/C13H15F3N2O/c1-7-11(3-2-4-17-7)18-13(19)12-9(15)5-8(14)6-10(12)16/h5-7,11,17H,2-4H2,1H3,(H,18,19). The van der Waals surface area contributed by atoms with Crippen LogP contribution in [0.15, 0.2) is 12.1 Å². The number of benzene rings is 1. The van der Waals surface area contributed by atoms with Crippen LogP contribution in [-0.2, 0) is 0 Å². The molecule has 1 fully saturated rings. The molecule has 19 heavy (non-hydrogen) atoms. The van der Waals surface area contributed by atoms with E-state index in [4.69, 9.17) is 0 Å². The average molecular weight is 272 g/mol. The molecule has 0 saturated carbocycles. The van der Waals surface area contributed by atoms with E-state index in [1.165, 1.54) is 0 Å². The Hall–Kier alpha value is -1.56. The van der Waals surface area contributed by atoms with Crippen LogP contribution in [-0.4, -0.2) is 24.5 Å². The molecule has 0 spiro atoms. The van der Waals surface area contributed by atoms with Gasteiger partial charge in [-0.05, 0) is 26.3 Å². The minimum atomic E-state index is -1.19. The van der Waals surface area contributed by atoms with Crippen molar-refractivity contribution >= 4 is 5.91 Å². The lowest BCUT2D eigenvalue weighted by atomic mass is 9.99. The fraction of sp³-hybridized carbons (Fsp3) is 0.462. The van der Waals surface area contributed by atoms with Gasteiger partial charge < -0.3 is 10.6 Å². The number of hydrogen-bond donors (Lipinski definition) is 2. The molecular formula is C13H15F3N2O. The summed E-state index contributed by atoms with van der Waals surface area (Å²) in [7, 11) is 0. The largest absolute Gasteiger partial charge is 0.348 e. The first-order valence-corrected chi connectivity index (χ1v) is 6.18. The van der Waals surface area contributed by atoms with Gasteiger partial charge >= 0.3 is 0 Å². The molecule has 0 aromatic heterocycles. The van der Waals surface area contributed by atoms with Gasteiger partial charge in [0.15, 0.2) is 0 Å². The molecule has 0 aliphatic carbocycles. The molecule has 2 atom stereocenters. The van der Waals surface area contributed by atoms with E-state index < -0.39 is 28.9 Å². The molecular weight excluding hydrogens is 257 g/mol. The molecule has 6 heteroatoms. The second-order valence-electron chi connectivity index (χ2n) is 4.71. The summed E-state index contributed by atoms with van der Waals surface area (Å²) < 4.78 is 39.7. The van der Waals surface area contributed by atoms with E-state index >= 15 is 0 Å². The summed E-state index contributed by atoms with van der Waals surface area (Å²) in [5.41, 5.74) is -0.737. The normalized spacial score (nSPS) is 23.2. The summed E-state index contributed by atoms with van der Waals surface area (Å²) in [5, 5.41) is 5.75. The summed E-state index contributed by atoms with van der Waals surface area (Å²) >= 11 is 0. The van der Waals surface area contributed by atoms with Crippen molar-refractivity contribution in [2.75, 3.05) is 6.54 Å². The highest BCUT2D eigenvalue weighted by Crippen LogP contribution is 2.16. The molecule has 2 unspecified atom stereocenters. The Kier molecular flexibility index (Phi) is 4.09. The smallest absolute Gasteiger partial charge is 0.257 e. The third-order valence-electron chi connectivity index (χ3n) is 3.31. The van der Waals surface area contributed by atoms with Gasteiger partial charge in [0.2, 0.25) is 0 Å². The maximum Gasteiger partial charge on any atom is 0.257 e. The van der Waals surface area contributed by atoms with Gasteiger partial charge in [-0.1, -0.05) is 0 Å². The van der Waals surface area contributed by atoms with E-state index in [0.29, 0.717) is 12.1 Å². The Balaban J connectivity index is 2.16. The summed E-state index contributed by atoms with van der Waals surface area (Å²) in [6, 6.07) is 0.843. The lowest BCUT2D eigenvalue weighted by Crippen LogP contribution is -2.52. The van der Waals surface area contributed by atoms with Crippen LogP contribution in [0.4, 0.5) is 13.2 Å². The molecule has 1 amide bonds. The Morgan fingerprint density at radius 2 is 1.95 bits per heavy atom. The maximum absolute atomic E-state index is 13.5. The summed E-state index contributed by atoms with van der Waals surface area (Å²) in [5.74, 6) is -4.27. The zero-order chi connectivity index (χ0) is 14.0. The van der Waals surface area contributed by atoms with Crippen LogP contribution in [0.1, 0.15) is 30.1 Å². The fourth-order valence-electron chi connectivity index (χ4n) is 2.24. The predicted octanol–water partition coefficient (Wildman–Crippen LogP) is 1.97. The monoisotopic (exact) mass is 272 g/mol. The number of halogens is 3. The summed E-state index contributed by atoms with van der Waals surface area (Å²) in [4.78, 5) is 11.9. The van der Waals surface area contributed by atoms with E-state index in [0.717, 1.165) is 19.4 Å². The SMILES string of the molecule is CC1NCCCC1NC(=O)c1c(F)cc(F)cc1F. The van der Waals surface area contributed by atoms with Crippen molar-refractivity contribution < 1.29 is 18.0 Å². The van der Waals surface area contributed by atoms with Gasteiger partial charge in [-0.3, -0.25) is 4.79 Å². The lowest BCUT2D eigenvalue weighted by Gasteiger charge is -2.30. The number of amides is 1. The molecule has 1 aromatic rings. The van der Waals surface area contributed by atoms with Gasteiger partial charge in [0.1, 0.15) is 23.0 Å². The van der Waals surface area contributed by atoms with Gasteiger partial charge in [-0.2, -0.15) is 0 Å². The number of piperidine rings is 1. The van der Waals surface area contributed by atoms with Crippen molar-refractivity contribution in [1.82, 2.24) is 10.6 Å². The highest BCUT2D eigenvalue weighted by molar-refractivity contribution is 5.95. The van der Waals surface area contributed by atoms with Gasteiger partial charge in [0.05, 0.1) is 0 Å². The second kappa shape index (κ2) is 5.61. The number of nitrogens with one attached hydrogen (secondary N) is 2. The Labute approximate surface area is 109 Å². The van der Waals surface area contributed by atoms with Crippen LogP contribution >= 0.6 is 0 Å². The zero-order valence-electron chi connectivity index (χ0n) is 10.5. The van der Waals surface area contributed by atoms with Crippen molar-refractivity contribution in [3.05, 3.63) is 35.1 Å². The van der Waals surface area contributed by atoms with Crippen LogP contribution < -0.4 is 10.6 Å². The van der Waals surface area contributed by atoms with E-state index in [2.05, 4.69) is 10.6 Å². The Morgan fingerprint density at radius 3 is 2.53 bits per heavy atom. The van der Waals surface area contributed by atoms with Gasteiger partial charge in [-0.25, -0.2) is 13.2 Å². The predicted molar refractivity (Wildman–Crippen MR) is 64.3 cm³/mol. The topological polar surface area (TPSA) is 41.1 Å². The summed E-state index contributed by atoms with van der Waals surface area (Å²) in [6.45, 7) is 2.74. The fourth-order valence-corrected chi connectivity index (χ4v) is 2.24. The average Bonchev–Trinajstić information content (AvgIpc) is 2.30. The molecule has 104 valence electrons. The number of carbonyl (C=O) groups is 1. The Morgan fingerprint density at radius 1 is 1.32 bits per heavy atom. The van der Waals surface area contributed by atoms with Crippen molar-refractivity contribution in [2.45, 2.75) is 31.8 Å². The van der Waals surface area contributed by atoms with Crippen LogP contribution in [0.2, 0.25) is 0 Å². The third-order valence-corrected chi connectivity index (χ3v) is 3.31. The molecule has 1 aliphatic rings. The van der Waals surface area contributed by atoms with Crippen molar-refractivity contribution in [2.24, 2.45) is 0 Å².